The van der Waals surface area contributed by atoms with E-state index in [0.717, 1.165) is 28.6 Å². The van der Waals surface area contributed by atoms with Crippen molar-refractivity contribution in [2.45, 2.75) is 39.5 Å². The Bertz CT molecular complexity index is 791. The highest BCUT2D eigenvalue weighted by atomic mass is 32.2. The predicted molar refractivity (Wildman–Crippen MR) is 104 cm³/mol. The van der Waals surface area contributed by atoms with Gasteiger partial charge in [0.2, 0.25) is 11.1 Å². The number of hydrogen-bond acceptors (Lipinski definition) is 6. The highest BCUT2D eigenvalue weighted by Gasteiger charge is 2.11. The topological polar surface area (TPSA) is 109 Å². The lowest BCUT2D eigenvalue weighted by Crippen LogP contribution is -2.41. The lowest BCUT2D eigenvalue weighted by atomic mass is 10.1. The van der Waals surface area contributed by atoms with Crippen LogP contribution in [0.25, 0.3) is 0 Å². The molecular weight excluding hydrogens is 366 g/mol. The Balaban J connectivity index is 1.76. The molecule has 0 aliphatic heterocycles. The van der Waals surface area contributed by atoms with Crippen molar-refractivity contribution >= 4 is 23.7 Å². The van der Waals surface area contributed by atoms with Crippen LogP contribution in [-0.4, -0.2) is 39.4 Å². The summed E-state index contributed by atoms with van der Waals surface area (Å²) in [5.74, 6) is 1.32. The van der Waals surface area contributed by atoms with E-state index < -0.39 is 11.9 Å². The maximum Gasteiger partial charge on any atom is 0.321 e. The molecule has 3 amide bonds. The molecular formula is C18H25N5O3S. The number of nitrogens with zero attached hydrogens (tertiary/aromatic N) is 2. The average Bonchev–Trinajstić information content (AvgIpc) is 3.07. The molecule has 27 heavy (non-hydrogen) atoms. The van der Waals surface area contributed by atoms with E-state index in [9.17, 15) is 9.59 Å². The van der Waals surface area contributed by atoms with Gasteiger partial charge in [-0.3, -0.25) is 15.2 Å². The number of rotatable bonds is 8. The number of aromatic amines is 1. The molecule has 0 saturated carbocycles. The number of thioether (sulfide) groups is 1. The van der Waals surface area contributed by atoms with Gasteiger partial charge in [0, 0.05) is 6.54 Å². The predicted octanol–water partition coefficient (Wildman–Crippen LogP) is 2.57. The molecule has 0 aliphatic carbocycles. The van der Waals surface area contributed by atoms with Crippen LogP contribution in [0.3, 0.4) is 0 Å². The maximum atomic E-state index is 11.8. The fourth-order valence-corrected chi connectivity index (χ4v) is 2.67. The fourth-order valence-electron chi connectivity index (χ4n) is 2.05. The fraction of sp³-hybridized carbons (Fsp3) is 0.444. The molecule has 0 spiro atoms. The summed E-state index contributed by atoms with van der Waals surface area (Å²) in [7, 11) is 0. The minimum Gasteiger partial charge on any atom is -0.485 e. The second-order valence-electron chi connectivity index (χ2n) is 6.56. The summed E-state index contributed by atoms with van der Waals surface area (Å²) in [5, 5.41) is 12.2. The molecule has 1 aromatic carbocycles. The lowest BCUT2D eigenvalue weighted by molar-refractivity contribution is -0.117. The van der Waals surface area contributed by atoms with Crippen LogP contribution in [-0.2, 0) is 11.4 Å². The van der Waals surface area contributed by atoms with Crippen LogP contribution < -0.4 is 15.4 Å². The number of benzene rings is 1. The third-order valence-electron chi connectivity index (χ3n) is 3.48. The third kappa shape index (κ3) is 7.30. The number of carbonyl (C=O) groups excluding carboxylic acids is 2. The van der Waals surface area contributed by atoms with Gasteiger partial charge in [-0.25, -0.2) is 9.78 Å². The zero-order chi connectivity index (χ0) is 19.8. The van der Waals surface area contributed by atoms with E-state index in [4.69, 9.17) is 4.74 Å². The maximum absolute atomic E-state index is 11.8. The Kier molecular flexibility index (Phi) is 7.66. The molecule has 9 heteroatoms. The van der Waals surface area contributed by atoms with E-state index in [0.29, 0.717) is 23.4 Å². The van der Waals surface area contributed by atoms with E-state index in [1.807, 2.05) is 45.9 Å². The molecule has 1 heterocycles. The van der Waals surface area contributed by atoms with Crippen molar-refractivity contribution < 1.29 is 14.3 Å². The Labute approximate surface area is 162 Å². The minimum atomic E-state index is -0.494. The van der Waals surface area contributed by atoms with Crippen LogP contribution in [0.1, 0.15) is 30.8 Å². The number of carbonyl (C=O) groups is 2. The molecule has 3 N–H and O–H groups in total. The minimum absolute atomic E-state index is 0.0459. The highest BCUT2D eigenvalue weighted by Crippen LogP contribution is 2.20. The second kappa shape index (κ2) is 9.96. The lowest BCUT2D eigenvalue weighted by Gasteiger charge is -2.08. The van der Waals surface area contributed by atoms with Crippen molar-refractivity contribution in [1.29, 1.82) is 0 Å². The SMILES string of the molecule is Cc1ccc(C)c(OCc2nc(SCC(=O)NC(=O)NCC(C)C)n[nH]2)c1. The normalized spacial score (nSPS) is 10.7. The zero-order valence-corrected chi connectivity index (χ0v) is 16.8. The molecule has 1 aromatic heterocycles. The molecule has 146 valence electrons. The van der Waals surface area contributed by atoms with E-state index >= 15 is 0 Å². The quantitative estimate of drug-likeness (QED) is 0.597. The van der Waals surface area contributed by atoms with Gasteiger partial charge in [0.25, 0.3) is 0 Å². The van der Waals surface area contributed by atoms with E-state index in [2.05, 4.69) is 25.8 Å². The first-order valence-electron chi connectivity index (χ1n) is 8.65. The van der Waals surface area contributed by atoms with E-state index in [1.165, 1.54) is 0 Å². The Morgan fingerprint density at radius 1 is 1.30 bits per heavy atom. The van der Waals surface area contributed by atoms with Gasteiger partial charge in [-0.05, 0) is 37.0 Å². The smallest absolute Gasteiger partial charge is 0.321 e. The summed E-state index contributed by atoms with van der Waals surface area (Å²) < 4.78 is 5.77. The van der Waals surface area contributed by atoms with Crippen molar-refractivity contribution in [3.8, 4) is 5.75 Å². The number of hydrogen-bond donors (Lipinski definition) is 3. The van der Waals surface area contributed by atoms with Gasteiger partial charge in [0.05, 0.1) is 5.75 Å². The number of aromatic nitrogens is 3. The van der Waals surface area contributed by atoms with Gasteiger partial charge in [-0.2, -0.15) is 0 Å². The number of amides is 3. The average molecular weight is 391 g/mol. The van der Waals surface area contributed by atoms with Crippen molar-refractivity contribution in [3.63, 3.8) is 0 Å². The molecule has 2 aromatic rings. The molecule has 0 fully saturated rings. The van der Waals surface area contributed by atoms with Crippen molar-refractivity contribution in [1.82, 2.24) is 25.8 Å². The molecule has 2 rings (SSSR count). The Hall–Kier alpha value is -2.55. The van der Waals surface area contributed by atoms with Gasteiger partial charge in [-0.15, -0.1) is 5.10 Å². The summed E-state index contributed by atoms with van der Waals surface area (Å²) in [5.41, 5.74) is 2.16. The Morgan fingerprint density at radius 3 is 2.81 bits per heavy atom. The van der Waals surface area contributed by atoms with Crippen LogP contribution in [0, 0.1) is 19.8 Å². The highest BCUT2D eigenvalue weighted by molar-refractivity contribution is 7.99. The molecule has 0 saturated heterocycles. The van der Waals surface area contributed by atoms with Crippen molar-refractivity contribution in [2.24, 2.45) is 5.92 Å². The number of imide groups is 1. The number of aryl methyl sites for hydroxylation is 2. The van der Waals surface area contributed by atoms with Crippen LogP contribution in [0.2, 0.25) is 0 Å². The molecule has 0 unspecified atom stereocenters. The summed E-state index contributed by atoms with van der Waals surface area (Å²) in [4.78, 5) is 27.6. The van der Waals surface area contributed by atoms with Gasteiger partial charge in [0.15, 0.2) is 5.82 Å². The van der Waals surface area contributed by atoms with Gasteiger partial charge >= 0.3 is 6.03 Å². The monoisotopic (exact) mass is 391 g/mol. The summed E-state index contributed by atoms with van der Waals surface area (Å²) in [6, 6.07) is 5.50. The first-order valence-corrected chi connectivity index (χ1v) is 9.64. The summed E-state index contributed by atoms with van der Waals surface area (Å²) in [6.45, 7) is 8.69. The standard InChI is InChI=1S/C18H25N5O3S/c1-11(2)8-19-17(25)21-16(24)10-27-18-20-15(22-23-18)9-26-14-7-12(3)5-6-13(14)4/h5-7,11H,8-10H2,1-4H3,(H,20,22,23)(H2,19,21,24,25). The molecule has 0 radical (unpaired) electrons. The largest absolute Gasteiger partial charge is 0.485 e. The van der Waals surface area contributed by atoms with Crippen LogP contribution in [0.5, 0.6) is 5.75 Å². The third-order valence-corrected chi connectivity index (χ3v) is 4.32. The van der Waals surface area contributed by atoms with Gasteiger partial charge in [0.1, 0.15) is 12.4 Å². The summed E-state index contributed by atoms with van der Waals surface area (Å²) in [6.07, 6.45) is 0. The van der Waals surface area contributed by atoms with Crippen LogP contribution in [0.4, 0.5) is 4.79 Å². The number of ether oxygens (including phenoxy) is 1. The van der Waals surface area contributed by atoms with Crippen LogP contribution in [0.15, 0.2) is 23.4 Å². The molecule has 8 nitrogen and oxygen atoms in total. The molecule has 0 atom stereocenters. The second-order valence-corrected chi connectivity index (χ2v) is 7.51. The van der Waals surface area contributed by atoms with Gasteiger partial charge < -0.3 is 10.1 Å². The first kappa shape index (κ1) is 20.8. The Morgan fingerprint density at radius 2 is 2.07 bits per heavy atom. The molecule has 0 bridgehead atoms. The van der Waals surface area contributed by atoms with E-state index in [1.54, 1.807) is 0 Å². The first-order chi connectivity index (χ1) is 12.8. The number of nitrogens with one attached hydrogen (secondary N) is 3. The zero-order valence-electron chi connectivity index (χ0n) is 16.0. The number of urea groups is 1. The van der Waals surface area contributed by atoms with Crippen LogP contribution >= 0.6 is 11.8 Å². The number of H-pyrrole nitrogens is 1. The molecule has 0 aliphatic rings. The van der Waals surface area contributed by atoms with Crippen molar-refractivity contribution in [2.75, 3.05) is 12.3 Å². The summed E-state index contributed by atoms with van der Waals surface area (Å²) >= 11 is 1.14. The van der Waals surface area contributed by atoms with Gasteiger partial charge in [-0.1, -0.05) is 37.7 Å². The van der Waals surface area contributed by atoms with E-state index in [-0.39, 0.29) is 12.4 Å². The van der Waals surface area contributed by atoms with Crippen molar-refractivity contribution in [3.05, 3.63) is 35.2 Å².